The van der Waals surface area contributed by atoms with Crippen molar-refractivity contribution >= 4 is 0 Å². The van der Waals surface area contributed by atoms with Gasteiger partial charge in [0.1, 0.15) is 18.2 Å². The molecule has 0 aromatic heterocycles. The molecule has 1 fully saturated rings. The second kappa shape index (κ2) is 8.97. The lowest BCUT2D eigenvalue weighted by Gasteiger charge is -2.27. The lowest BCUT2D eigenvalue weighted by molar-refractivity contribution is 0.233. The van der Waals surface area contributed by atoms with Gasteiger partial charge in [-0.25, -0.2) is 4.39 Å². The smallest absolute Gasteiger partial charge is 0.130 e. The summed E-state index contributed by atoms with van der Waals surface area (Å²) in [6, 6.07) is 13.6. The van der Waals surface area contributed by atoms with Gasteiger partial charge < -0.3 is 10.1 Å². The molecule has 0 spiro atoms. The van der Waals surface area contributed by atoms with Crippen molar-refractivity contribution < 1.29 is 9.13 Å². The van der Waals surface area contributed by atoms with E-state index in [2.05, 4.69) is 29.3 Å². The average molecular weight is 342 g/mol. The molecule has 2 aromatic carbocycles. The highest BCUT2D eigenvalue weighted by Gasteiger charge is 2.11. The molecule has 1 saturated heterocycles. The number of benzene rings is 2. The maximum absolute atomic E-state index is 14.4. The molecule has 0 unspecified atom stereocenters. The van der Waals surface area contributed by atoms with E-state index in [1.54, 1.807) is 6.07 Å². The van der Waals surface area contributed by atoms with Gasteiger partial charge in [-0.15, -0.1) is 0 Å². The van der Waals surface area contributed by atoms with E-state index >= 15 is 0 Å². The first-order valence-electron chi connectivity index (χ1n) is 9.16. The van der Waals surface area contributed by atoms with Crippen molar-refractivity contribution in [1.29, 1.82) is 0 Å². The molecule has 1 aliphatic rings. The average Bonchev–Trinajstić information content (AvgIpc) is 2.63. The number of rotatable bonds is 7. The van der Waals surface area contributed by atoms with Crippen LogP contribution in [0.15, 0.2) is 42.5 Å². The van der Waals surface area contributed by atoms with E-state index < -0.39 is 0 Å². The molecule has 4 heteroatoms. The number of aryl methyl sites for hydroxylation is 1. The van der Waals surface area contributed by atoms with Crippen LogP contribution < -0.4 is 10.1 Å². The normalized spacial score (nSPS) is 15.3. The third-order valence-corrected chi connectivity index (χ3v) is 4.59. The van der Waals surface area contributed by atoms with Crippen LogP contribution in [-0.2, 0) is 19.6 Å². The van der Waals surface area contributed by atoms with Crippen LogP contribution in [0.3, 0.4) is 0 Å². The van der Waals surface area contributed by atoms with Crippen molar-refractivity contribution in [2.45, 2.75) is 32.9 Å². The van der Waals surface area contributed by atoms with Crippen LogP contribution in [0, 0.1) is 5.82 Å². The van der Waals surface area contributed by atoms with E-state index in [0.717, 1.165) is 56.9 Å². The Bertz CT molecular complexity index is 666. The standard InChI is InChI=1S/C21H27FN2O/c1-2-3-17-5-8-20(9-6-17)25-16-19-7-4-18(14-21(19)22)15-24-12-10-23-11-13-24/h4-9,14,23H,2-3,10-13,15-16H2,1H3. The van der Waals surface area contributed by atoms with Gasteiger partial charge in [-0.3, -0.25) is 4.90 Å². The zero-order valence-electron chi connectivity index (χ0n) is 14.9. The summed E-state index contributed by atoms with van der Waals surface area (Å²) in [6.45, 7) is 7.27. The Hall–Kier alpha value is -1.91. The third kappa shape index (κ3) is 5.28. The van der Waals surface area contributed by atoms with Crippen molar-refractivity contribution in [2.75, 3.05) is 26.2 Å². The number of hydrogen-bond donors (Lipinski definition) is 1. The molecule has 0 aliphatic carbocycles. The van der Waals surface area contributed by atoms with Gasteiger partial charge >= 0.3 is 0 Å². The molecule has 3 nitrogen and oxygen atoms in total. The van der Waals surface area contributed by atoms with E-state index in [4.69, 9.17) is 4.74 Å². The predicted molar refractivity (Wildman–Crippen MR) is 99.3 cm³/mol. The number of nitrogens with one attached hydrogen (secondary N) is 1. The first kappa shape index (κ1) is 17.9. The van der Waals surface area contributed by atoms with E-state index in [1.165, 1.54) is 5.56 Å². The van der Waals surface area contributed by atoms with Gasteiger partial charge in [0.2, 0.25) is 0 Å². The van der Waals surface area contributed by atoms with Gasteiger partial charge in [0.25, 0.3) is 0 Å². The molecule has 134 valence electrons. The summed E-state index contributed by atoms with van der Waals surface area (Å²) in [6.07, 6.45) is 2.20. The van der Waals surface area contributed by atoms with Crippen molar-refractivity contribution in [2.24, 2.45) is 0 Å². The predicted octanol–water partition coefficient (Wildman–Crippen LogP) is 3.76. The fourth-order valence-electron chi connectivity index (χ4n) is 3.14. The van der Waals surface area contributed by atoms with Crippen LogP contribution in [-0.4, -0.2) is 31.1 Å². The maximum atomic E-state index is 14.4. The molecule has 3 rings (SSSR count). The summed E-state index contributed by atoms with van der Waals surface area (Å²) >= 11 is 0. The van der Waals surface area contributed by atoms with Crippen molar-refractivity contribution in [3.63, 3.8) is 0 Å². The molecule has 0 bridgehead atoms. The number of hydrogen-bond acceptors (Lipinski definition) is 3. The molecule has 0 atom stereocenters. The van der Waals surface area contributed by atoms with E-state index in [-0.39, 0.29) is 12.4 Å². The molecule has 1 aliphatic heterocycles. The topological polar surface area (TPSA) is 24.5 Å². The van der Waals surface area contributed by atoms with E-state index in [0.29, 0.717) is 5.56 Å². The number of nitrogens with zero attached hydrogens (tertiary/aromatic N) is 1. The van der Waals surface area contributed by atoms with Gasteiger partial charge in [0.05, 0.1) is 0 Å². The minimum absolute atomic E-state index is 0.185. The Labute approximate surface area is 149 Å². The maximum Gasteiger partial charge on any atom is 0.130 e. The number of piperazine rings is 1. The lowest BCUT2D eigenvalue weighted by atomic mass is 10.1. The largest absolute Gasteiger partial charge is 0.489 e. The summed E-state index contributed by atoms with van der Waals surface area (Å²) in [4.78, 5) is 2.35. The molecule has 0 saturated carbocycles. The summed E-state index contributed by atoms with van der Waals surface area (Å²) in [5, 5.41) is 3.33. The third-order valence-electron chi connectivity index (χ3n) is 4.59. The first-order valence-corrected chi connectivity index (χ1v) is 9.16. The Morgan fingerprint density at radius 1 is 1.04 bits per heavy atom. The van der Waals surface area contributed by atoms with Crippen LogP contribution >= 0.6 is 0 Å². The highest BCUT2D eigenvalue weighted by molar-refractivity contribution is 5.29. The molecule has 1 N–H and O–H groups in total. The minimum Gasteiger partial charge on any atom is -0.489 e. The van der Waals surface area contributed by atoms with Crippen LogP contribution in [0.2, 0.25) is 0 Å². The van der Waals surface area contributed by atoms with Gasteiger partial charge in [0, 0.05) is 38.3 Å². The van der Waals surface area contributed by atoms with Gasteiger partial charge in [-0.2, -0.15) is 0 Å². The van der Waals surface area contributed by atoms with E-state index in [9.17, 15) is 4.39 Å². The highest BCUT2D eigenvalue weighted by Crippen LogP contribution is 2.18. The van der Waals surface area contributed by atoms with Gasteiger partial charge in [0.15, 0.2) is 0 Å². The quantitative estimate of drug-likeness (QED) is 0.829. The van der Waals surface area contributed by atoms with Crippen LogP contribution in [0.25, 0.3) is 0 Å². The lowest BCUT2D eigenvalue weighted by Crippen LogP contribution is -2.42. The minimum atomic E-state index is -0.185. The van der Waals surface area contributed by atoms with E-state index in [1.807, 2.05) is 24.3 Å². The number of halogens is 1. The summed E-state index contributed by atoms with van der Waals surface area (Å²) in [5.41, 5.74) is 2.92. The zero-order valence-corrected chi connectivity index (χ0v) is 14.9. The molecule has 0 radical (unpaired) electrons. The fourth-order valence-corrected chi connectivity index (χ4v) is 3.14. The fraction of sp³-hybridized carbons (Fsp3) is 0.429. The zero-order chi connectivity index (χ0) is 17.5. The Morgan fingerprint density at radius 2 is 1.76 bits per heavy atom. The van der Waals surface area contributed by atoms with Gasteiger partial charge in [-0.1, -0.05) is 37.6 Å². The second-order valence-corrected chi connectivity index (χ2v) is 6.63. The first-order chi connectivity index (χ1) is 12.2. The summed E-state index contributed by atoms with van der Waals surface area (Å²) in [5.74, 6) is 0.597. The van der Waals surface area contributed by atoms with Crippen molar-refractivity contribution in [1.82, 2.24) is 10.2 Å². The molecular formula is C21H27FN2O. The summed E-state index contributed by atoms with van der Waals surface area (Å²) in [7, 11) is 0. The molecule has 1 heterocycles. The molecule has 2 aromatic rings. The number of ether oxygens (including phenoxy) is 1. The molecular weight excluding hydrogens is 315 g/mol. The van der Waals surface area contributed by atoms with Crippen LogP contribution in [0.5, 0.6) is 5.75 Å². The molecule has 25 heavy (non-hydrogen) atoms. The van der Waals surface area contributed by atoms with Crippen molar-refractivity contribution in [3.8, 4) is 5.75 Å². The Morgan fingerprint density at radius 3 is 2.44 bits per heavy atom. The SMILES string of the molecule is CCCc1ccc(OCc2ccc(CN3CCNCC3)cc2F)cc1. The Kier molecular flexibility index (Phi) is 6.42. The Balaban J connectivity index is 1.55. The highest BCUT2D eigenvalue weighted by atomic mass is 19.1. The van der Waals surface area contributed by atoms with Crippen molar-refractivity contribution in [3.05, 3.63) is 65.0 Å². The second-order valence-electron chi connectivity index (χ2n) is 6.63. The summed E-state index contributed by atoms with van der Waals surface area (Å²) < 4.78 is 20.1. The van der Waals surface area contributed by atoms with Gasteiger partial charge in [-0.05, 0) is 35.7 Å². The van der Waals surface area contributed by atoms with Crippen LogP contribution in [0.1, 0.15) is 30.0 Å². The van der Waals surface area contributed by atoms with Crippen LogP contribution in [0.4, 0.5) is 4.39 Å². The molecule has 0 amide bonds. The monoisotopic (exact) mass is 342 g/mol.